The molecule has 0 amide bonds. The zero-order chi connectivity index (χ0) is 22.5. The number of aromatic amines is 1. The highest BCUT2D eigenvalue weighted by Gasteiger charge is 2.08. The molecule has 0 fully saturated rings. The van der Waals surface area contributed by atoms with Gasteiger partial charge in [0, 0.05) is 5.02 Å². The third-order valence-corrected chi connectivity index (χ3v) is 4.93. The van der Waals surface area contributed by atoms with Crippen LogP contribution in [-0.4, -0.2) is 22.5 Å². The molecule has 162 valence electrons. The topological polar surface area (TPSA) is 85.7 Å². The molecule has 1 aromatic heterocycles. The molecular formula is C24H20ClN3O4. The number of halogens is 1. The van der Waals surface area contributed by atoms with E-state index in [0.29, 0.717) is 46.2 Å². The van der Waals surface area contributed by atoms with Crippen molar-refractivity contribution in [2.75, 3.05) is 6.61 Å². The second-order valence-corrected chi connectivity index (χ2v) is 7.33. The first-order chi connectivity index (χ1) is 15.5. The number of aromatic nitrogens is 2. The Morgan fingerprint density at radius 1 is 1.00 bits per heavy atom. The van der Waals surface area contributed by atoms with Gasteiger partial charge in [0.1, 0.15) is 6.61 Å². The summed E-state index contributed by atoms with van der Waals surface area (Å²) >= 11 is 5.92. The Morgan fingerprint density at radius 3 is 2.56 bits per heavy atom. The van der Waals surface area contributed by atoms with Crippen molar-refractivity contribution >= 4 is 28.7 Å². The van der Waals surface area contributed by atoms with Gasteiger partial charge in [-0.15, -0.1) is 4.68 Å². The van der Waals surface area contributed by atoms with Crippen LogP contribution in [0.15, 0.2) is 81.4 Å². The highest BCUT2D eigenvalue weighted by molar-refractivity contribution is 6.30. The van der Waals surface area contributed by atoms with E-state index in [4.69, 9.17) is 21.1 Å². The molecule has 4 aromatic rings. The van der Waals surface area contributed by atoms with Crippen molar-refractivity contribution in [1.29, 1.82) is 0 Å². The molecule has 0 aliphatic carbocycles. The molecule has 32 heavy (non-hydrogen) atoms. The molecule has 8 heteroatoms. The van der Waals surface area contributed by atoms with Gasteiger partial charge in [0.2, 0.25) is 0 Å². The lowest BCUT2D eigenvalue weighted by Gasteiger charge is -2.12. The molecule has 0 aliphatic heterocycles. The minimum absolute atomic E-state index is 0.354. The number of ether oxygens (including phenoxy) is 2. The molecule has 0 aliphatic rings. The number of nitrogens with zero attached hydrogens (tertiary/aromatic N) is 2. The quantitative estimate of drug-likeness (QED) is 0.428. The SMILES string of the molecule is CCOc1cc(C=Nn2c(=O)[nH]c3ccccc3c2=O)ccc1OCc1ccc(Cl)cc1. The first kappa shape index (κ1) is 21.4. The van der Waals surface area contributed by atoms with Crippen LogP contribution >= 0.6 is 11.6 Å². The fourth-order valence-corrected chi connectivity index (χ4v) is 3.24. The lowest BCUT2D eigenvalue weighted by molar-refractivity contribution is 0.269. The van der Waals surface area contributed by atoms with Crippen molar-refractivity contribution in [2.45, 2.75) is 13.5 Å². The van der Waals surface area contributed by atoms with E-state index in [1.807, 2.05) is 19.1 Å². The van der Waals surface area contributed by atoms with Gasteiger partial charge in [-0.1, -0.05) is 35.9 Å². The number of hydrogen-bond acceptors (Lipinski definition) is 5. The van der Waals surface area contributed by atoms with Gasteiger partial charge in [-0.05, 0) is 60.5 Å². The van der Waals surface area contributed by atoms with E-state index in [-0.39, 0.29) is 0 Å². The molecule has 0 unspecified atom stereocenters. The maximum absolute atomic E-state index is 12.6. The Bertz CT molecular complexity index is 1390. The molecule has 7 nitrogen and oxygen atoms in total. The highest BCUT2D eigenvalue weighted by atomic mass is 35.5. The summed E-state index contributed by atoms with van der Waals surface area (Å²) in [6.45, 7) is 2.67. The largest absolute Gasteiger partial charge is 0.490 e. The maximum Gasteiger partial charge on any atom is 0.349 e. The van der Waals surface area contributed by atoms with E-state index in [2.05, 4.69) is 10.1 Å². The van der Waals surface area contributed by atoms with Crippen LogP contribution in [0.1, 0.15) is 18.1 Å². The molecule has 1 N–H and O–H groups in total. The summed E-state index contributed by atoms with van der Waals surface area (Å²) in [4.78, 5) is 27.5. The number of hydrogen-bond donors (Lipinski definition) is 1. The Balaban J connectivity index is 1.59. The molecule has 3 aromatic carbocycles. The van der Waals surface area contributed by atoms with Crippen molar-refractivity contribution in [3.63, 3.8) is 0 Å². The Kier molecular flexibility index (Phi) is 6.37. The van der Waals surface area contributed by atoms with Crippen molar-refractivity contribution in [3.8, 4) is 11.5 Å². The van der Waals surface area contributed by atoms with E-state index in [0.717, 1.165) is 10.2 Å². The fraction of sp³-hybridized carbons (Fsp3) is 0.125. The molecule has 0 spiro atoms. The van der Waals surface area contributed by atoms with Gasteiger partial charge in [-0.3, -0.25) is 4.79 Å². The highest BCUT2D eigenvalue weighted by Crippen LogP contribution is 2.29. The minimum Gasteiger partial charge on any atom is -0.490 e. The number of rotatable bonds is 7. The third kappa shape index (κ3) is 4.73. The summed E-state index contributed by atoms with van der Waals surface area (Å²) in [6.07, 6.45) is 1.43. The average Bonchev–Trinajstić information content (AvgIpc) is 2.79. The lowest BCUT2D eigenvalue weighted by atomic mass is 10.2. The first-order valence-electron chi connectivity index (χ1n) is 9.97. The Labute approximate surface area is 188 Å². The zero-order valence-corrected chi connectivity index (χ0v) is 18.0. The van der Waals surface area contributed by atoms with Gasteiger partial charge in [0.15, 0.2) is 11.5 Å². The van der Waals surface area contributed by atoms with E-state index < -0.39 is 11.2 Å². The van der Waals surface area contributed by atoms with Gasteiger partial charge in [-0.25, -0.2) is 4.79 Å². The van der Waals surface area contributed by atoms with E-state index in [1.54, 1.807) is 54.6 Å². The molecule has 0 saturated heterocycles. The lowest BCUT2D eigenvalue weighted by Crippen LogP contribution is -2.32. The van der Waals surface area contributed by atoms with Crippen LogP contribution in [-0.2, 0) is 6.61 Å². The van der Waals surface area contributed by atoms with Crippen molar-refractivity contribution in [1.82, 2.24) is 9.66 Å². The number of H-pyrrole nitrogens is 1. The number of benzene rings is 3. The number of para-hydroxylation sites is 1. The zero-order valence-electron chi connectivity index (χ0n) is 17.2. The van der Waals surface area contributed by atoms with Crippen molar-refractivity contribution in [2.24, 2.45) is 5.10 Å². The van der Waals surface area contributed by atoms with Crippen LogP contribution < -0.4 is 20.7 Å². The summed E-state index contributed by atoms with van der Waals surface area (Å²) in [7, 11) is 0. The molecule has 4 rings (SSSR count). The van der Waals surface area contributed by atoms with E-state index >= 15 is 0 Å². The normalized spacial score (nSPS) is 11.2. The summed E-state index contributed by atoms with van der Waals surface area (Å²) in [5, 5.41) is 5.13. The number of fused-ring (bicyclic) bond motifs is 1. The molecule has 0 radical (unpaired) electrons. The monoisotopic (exact) mass is 449 g/mol. The Hall–Kier alpha value is -3.84. The standard InChI is InChI=1S/C24H20ClN3O4/c1-2-31-22-13-17(9-12-21(22)32-15-16-7-10-18(25)11-8-16)14-26-28-23(29)19-5-3-4-6-20(19)27-24(28)30/h3-14H,2,15H2,1H3,(H,27,30). The van der Waals surface area contributed by atoms with Crippen LogP contribution in [0, 0.1) is 0 Å². The van der Waals surface area contributed by atoms with Crippen LogP contribution in [0.5, 0.6) is 11.5 Å². The third-order valence-electron chi connectivity index (χ3n) is 4.68. The van der Waals surface area contributed by atoms with E-state index in [9.17, 15) is 9.59 Å². The predicted octanol–water partition coefficient (Wildman–Crippen LogP) is 4.20. The van der Waals surface area contributed by atoms with Crippen molar-refractivity contribution < 1.29 is 9.47 Å². The minimum atomic E-state index is -0.613. The molecule has 1 heterocycles. The van der Waals surface area contributed by atoms with Crippen LogP contribution in [0.4, 0.5) is 0 Å². The fourth-order valence-electron chi connectivity index (χ4n) is 3.12. The number of nitrogens with one attached hydrogen (secondary N) is 1. The van der Waals surface area contributed by atoms with Crippen LogP contribution in [0.3, 0.4) is 0 Å². The second kappa shape index (κ2) is 9.53. The van der Waals surface area contributed by atoms with Gasteiger partial charge < -0.3 is 14.5 Å². The van der Waals surface area contributed by atoms with Crippen molar-refractivity contribution in [3.05, 3.63) is 104 Å². The average molecular weight is 450 g/mol. The first-order valence-corrected chi connectivity index (χ1v) is 10.4. The summed E-state index contributed by atoms with van der Waals surface area (Å²) < 4.78 is 12.4. The smallest absolute Gasteiger partial charge is 0.349 e. The van der Waals surface area contributed by atoms with Crippen LogP contribution in [0.25, 0.3) is 10.9 Å². The summed E-state index contributed by atoms with van der Waals surface area (Å²) in [5.41, 5.74) is 0.977. The summed E-state index contributed by atoms with van der Waals surface area (Å²) in [6, 6.07) is 19.4. The van der Waals surface area contributed by atoms with E-state index in [1.165, 1.54) is 6.21 Å². The van der Waals surface area contributed by atoms with Gasteiger partial charge >= 0.3 is 5.69 Å². The molecule has 0 atom stereocenters. The van der Waals surface area contributed by atoms with Gasteiger partial charge in [0.05, 0.1) is 23.7 Å². The molecular weight excluding hydrogens is 430 g/mol. The maximum atomic E-state index is 12.6. The molecule has 0 bridgehead atoms. The second-order valence-electron chi connectivity index (χ2n) is 6.89. The Morgan fingerprint density at radius 2 is 1.78 bits per heavy atom. The van der Waals surface area contributed by atoms with Gasteiger partial charge in [0.25, 0.3) is 5.56 Å². The van der Waals surface area contributed by atoms with Crippen LogP contribution in [0.2, 0.25) is 5.02 Å². The van der Waals surface area contributed by atoms with Gasteiger partial charge in [-0.2, -0.15) is 5.10 Å². The summed E-state index contributed by atoms with van der Waals surface area (Å²) in [5.74, 6) is 1.10. The molecule has 0 saturated carbocycles. The predicted molar refractivity (Wildman–Crippen MR) is 125 cm³/mol.